The average molecular weight is 338 g/mol. The van der Waals surface area contributed by atoms with E-state index in [1.807, 2.05) is 0 Å². The van der Waals surface area contributed by atoms with Gasteiger partial charge in [-0.05, 0) is 11.2 Å². The maximum absolute atomic E-state index is 8.89. The van der Waals surface area contributed by atoms with E-state index in [1.165, 1.54) is 0 Å². The van der Waals surface area contributed by atoms with Crippen molar-refractivity contribution in [2.45, 2.75) is 14.9 Å². The van der Waals surface area contributed by atoms with Gasteiger partial charge in [0.05, 0.1) is 0 Å². The molecule has 0 aliphatic heterocycles. The van der Waals surface area contributed by atoms with Crippen molar-refractivity contribution in [3.8, 4) is 0 Å². The van der Waals surface area contributed by atoms with Gasteiger partial charge in [-0.15, -0.1) is 31.8 Å². The molecular weight excluding hydrogens is 328 g/mol. The predicted molar refractivity (Wildman–Crippen MR) is 60.3 cm³/mol. The van der Waals surface area contributed by atoms with Crippen LogP contribution in [-0.2, 0) is 43.0 Å². The highest BCUT2D eigenvalue weighted by atomic mass is 32.9. The SMILES string of the molecule is C.C.O=S([O-])([O-])=S.O=S([O-])[O-].O=S([O-])[O-].S. The van der Waals surface area contributed by atoms with Crippen molar-refractivity contribution >= 4 is 56.5 Å². The van der Waals surface area contributed by atoms with Crippen molar-refractivity contribution in [1.82, 2.24) is 0 Å². The molecule has 0 atom stereocenters. The zero-order valence-electron chi connectivity index (χ0n) is 5.81. The van der Waals surface area contributed by atoms with E-state index in [4.69, 9.17) is 39.9 Å². The molecule has 0 N–H and O–H groups in total. The summed E-state index contributed by atoms with van der Waals surface area (Å²) in [5.74, 6) is 0. The van der Waals surface area contributed by atoms with Crippen LogP contribution < -0.4 is 0 Å². The lowest BCUT2D eigenvalue weighted by atomic mass is 12.0. The van der Waals surface area contributed by atoms with Crippen LogP contribution in [0.4, 0.5) is 0 Å². The molecule has 0 aliphatic rings. The summed E-state index contributed by atoms with van der Waals surface area (Å²) in [6.45, 7) is 0. The van der Waals surface area contributed by atoms with Crippen LogP contribution in [0.3, 0.4) is 0 Å². The van der Waals surface area contributed by atoms with Crippen LogP contribution in [0, 0.1) is 0 Å². The minimum Gasteiger partial charge on any atom is -0.784 e. The molecule has 0 aromatic rings. The maximum atomic E-state index is 8.89. The Hall–Kier alpha value is 0.780. The average Bonchev–Trinajstić information content (AvgIpc) is 1.50. The van der Waals surface area contributed by atoms with E-state index in [9.17, 15) is 0 Å². The van der Waals surface area contributed by atoms with E-state index < -0.39 is 31.8 Å². The van der Waals surface area contributed by atoms with Crippen LogP contribution in [0.15, 0.2) is 0 Å². The van der Waals surface area contributed by atoms with Crippen molar-refractivity contribution in [3.05, 3.63) is 0 Å². The normalized spacial score (nSPS) is 8.00. The van der Waals surface area contributed by atoms with Crippen LogP contribution in [0.25, 0.3) is 0 Å². The Labute approximate surface area is 111 Å². The Morgan fingerprint density at radius 2 is 0.875 bits per heavy atom. The van der Waals surface area contributed by atoms with Gasteiger partial charge in [0.1, 0.15) is 0 Å². The molecule has 14 heteroatoms. The molecular formula is C2H10O9S5-6. The molecule has 0 saturated carbocycles. The lowest BCUT2D eigenvalue weighted by Crippen LogP contribution is -1.88. The van der Waals surface area contributed by atoms with Gasteiger partial charge in [0.15, 0.2) is 0 Å². The second-order valence-corrected chi connectivity index (χ2v) is 3.67. The summed E-state index contributed by atoms with van der Waals surface area (Å²) >= 11 is -2.98. The van der Waals surface area contributed by atoms with E-state index >= 15 is 0 Å². The number of hydrogen-bond donors (Lipinski definition) is 0. The molecule has 108 valence electrons. The van der Waals surface area contributed by atoms with Crippen LogP contribution >= 0.6 is 13.5 Å². The van der Waals surface area contributed by atoms with Gasteiger partial charge >= 0.3 is 0 Å². The van der Waals surface area contributed by atoms with Crippen molar-refractivity contribution in [1.29, 1.82) is 0 Å². The molecule has 0 aromatic carbocycles. The fourth-order valence-corrected chi connectivity index (χ4v) is 0. The summed E-state index contributed by atoms with van der Waals surface area (Å²) in [6.07, 6.45) is 0. The molecule has 16 heavy (non-hydrogen) atoms. The quantitative estimate of drug-likeness (QED) is 0.463. The Bertz CT molecular complexity index is 217. The molecule has 0 heterocycles. The monoisotopic (exact) mass is 338 g/mol. The standard InChI is InChI=1S/2CH4.H2O3S2.2H2O3S.H2S/c;;1-5(2,3)4;2*1-4(2)3;/h2*1H4;(H2,1,2,3,4);2*(H2,1,2,3);1H2/p-6. The number of rotatable bonds is 0. The summed E-state index contributed by atoms with van der Waals surface area (Å²) in [4.78, 5) is 0. The van der Waals surface area contributed by atoms with Crippen LogP contribution in [0.5, 0.6) is 0 Å². The molecule has 0 radical (unpaired) electrons. The molecule has 0 aromatic heterocycles. The summed E-state index contributed by atoms with van der Waals surface area (Å²) in [5, 5.41) is 0. The van der Waals surface area contributed by atoms with Gasteiger partial charge in [0.2, 0.25) is 0 Å². The zero-order chi connectivity index (χ0) is 11.7. The van der Waals surface area contributed by atoms with Crippen LogP contribution in [0.2, 0.25) is 0 Å². The summed E-state index contributed by atoms with van der Waals surface area (Å²) in [5.41, 5.74) is 0. The molecule has 0 amide bonds. The summed E-state index contributed by atoms with van der Waals surface area (Å²) in [6, 6.07) is 0. The van der Waals surface area contributed by atoms with Gasteiger partial charge in [0.25, 0.3) is 0 Å². The minimum atomic E-state index is -4.33. The van der Waals surface area contributed by atoms with Gasteiger partial charge in [-0.3, -0.25) is 12.6 Å². The molecule has 0 saturated heterocycles. The molecule has 0 unspecified atom stereocenters. The lowest BCUT2D eigenvalue weighted by Gasteiger charge is -2.12. The Balaban J connectivity index is -0.0000000216. The van der Waals surface area contributed by atoms with Crippen molar-refractivity contribution in [2.24, 2.45) is 0 Å². The topological polar surface area (TPSA) is 190 Å². The van der Waals surface area contributed by atoms with Gasteiger partial charge in [0, 0.05) is 0 Å². The van der Waals surface area contributed by atoms with E-state index in [0.29, 0.717) is 0 Å². The first-order valence-corrected chi connectivity index (χ1v) is 6.00. The third kappa shape index (κ3) is 4610. The van der Waals surface area contributed by atoms with Crippen molar-refractivity contribution in [3.63, 3.8) is 0 Å². The van der Waals surface area contributed by atoms with E-state index in [2.05, 4.69) is 11.2 Å². The Morgan fingerprint density at radius 1 is 0.875 bits per heavy atom. The van der Waals surface area contributed by atoms with Gasteiger partial charge in [-0.2, -0.15) is 13.5 Å². The third-order valence-corrected chi connectivity index (χ3v) is 0. The molecule has 0 fully saturated rings. The highest BCUT2D eigenvalue weighted by molar-refractivity contribution is 8.26. The van der Waals surface area contributed by atoms with Crippen LogP contribution in [-0.4, -0.2) is 39.9 Å². The Kier molecular flexibility index (Phi) is 47.4. The molecule has 0 rings (SSSR count). The second kappa shape index (κ2) is 21.1. The first-order valence-electron chi connectivity index (χ1n) is 1.67. The van der Waals surface area contributed by atoms with Crippen LogP contribution in [0.1, 0.15) is 14.9 Å². The molecule has 0 spiro atoms. The van der Waals surface area contributed by atoms with Gasteiger partial charge < -0.3 is 27.3 Å². The highest BCUT2D eigenvalue weighted by Gasteiger charge is 1.43. The number of hydrogen-bond acceptors (Lipinski definition) is 10. The minimum absolute atomic E-state index is 0. The zero-order valence-corrected chi connectivity index (χ0v) is 10.1. The first kappa shape index (κ1) is 36.0. The lowest BCUT2D eigenvalue weighted by molar-refractivity contribution is 0.415. The van der Waals surface area contributed by atoms with Gasteiger partial charge in [-0.1, -0.05) is 14.9 Å². The smallest absolute Gasteiger partial charge is 0.0484 e. The first-order chi connectivity index (χ1) is 5.46. The van der Waals surface area contributed by atoms with Crippen molar-refractivity contribution < 1.29 is 39.9 Å². The summed E-state index contributed by atoms with van der Waals surface area (Å²) in [7, 11) is -4.33. The fraction of sp³-hybridized carbons (Fsp3) is 1.00. The fourth-order valence-electron chi connectivity index (χ4n) is 0. The largest absolute Gasteiger partial charge is 0.784 e. The van der Waals surface area contributed by atoms with Crippen molar-refractivity contribution in [2.75, 3.05) is 0 Å². The third-order valence-electron chi connectivity index (χ3n) is 0. The summed E-state index contributed by atoms with van der Waals surface area (Å²) < 4.78 is 77.3. The molecule has 0 aliphatic carbocycles. The Morgan fingerprint density at radius 3 is 0.875 bits per heavy atom. The van der Waals surface area contributed by atoms with E-state index in [1.54, 1.807) is 0 Å². The predicted octanol–water partition coefficient (Wildman–Crippen LogP) is -1.63. The van der Waals surface area contributed by atoms with E-state index in [0.717, 1.165) is 0 Å². The molecule has 9 nitrogen and oxygen atoms in total. The maximum Gasteiger partial charge on any atom is -0.0484 e. The van der Waals surface area contributed by atoms with E-state index in [-0.39, 0.29) is 28.3 Å². The molecule has 0 bridgehead atoms. The van der Waals surface area contributed by atoms with Gasteiger partial charge in [-0.25, -0.2) is 0 Å². The highest BCUT2D eigenvalue weighted by Crippen LogP contribution is 1.60. The second-order valence-electron chi connectivity index (χ2n) is 0.816.